The first-order valence-corrected chi connectivity index (χ1v) is 5.93. The number of aromatic nitrogens is 1. The summed E-state index contributed by atoms with van der Waals surface area (Å²) in [5.41, 5.74) is 0. The fourth-order valence-electron chi connectivity index (χ4n) is 1.16. The molecule has 15 heavy (non-hydrogen) atoms. The zero-order chi connectivity index (χ0) is 10.8. The fourth-order valence-corrected chi connectivity index (χ4v) is 1.47. The van der Waals surface area contributed by atoms with Crippen molar-refractivity contribution in [2.75, 3.05) is 0 Å². The molecule has 0 radical (unpaired) electrons. The summed E-state index contributed by atoms with van der Waals surface area (Å²) in [6.45, 7) is 3.95. The third-order valence-electron chi connectivity index (χ3n) is 1.97. The molecule has 0 aliphatic heterocycles. The van der Waals surface area contributed by atoms with Gasteiger partial charge in [0.25, 0.3) is 0 Å². The molecular formula is C11H14BrNO2. The van der Waals surface area contributed by atoms with Crippen molar-refractivity contribution in [2.24, 2.45) is 0 Å². The zero-order valence-electron chi connectivity index (χ0n) is 8.87. The molecule has 0 spiro atoms. The summed E-state index contributed by atoms with van der Waals surface area (Å²) in [6.07, 6.45) is 4.53. The van der Waals surface area contributed by atoms with Crippen LogP contribution < -0.4 is 9.47 Å². The van der Waals surface area contributed by atoms with Crippen LogP contribution in [0.4, 0.5) is 0 Å². The van der Waals surface area contributed by atoms with Crippen LogP contribution in [0.2, 0.25) is 0 Å². The predicted molar refractivity (Wildman–Crippen MR) is 61.4 cm³/mol. The molecule has 0 bridgehead atoms. The van der Waals surface area contributed by atoms with E-state index in [9.17, 15) is 0 Å². The van der Waals surface area contributed by atoms with Crippen molar-refractivity contribution in [3.63, 3.8) is 0 Å². The summed E-state index contributed by atoms with van der Waals surface area (Å²) >= 11 is 3.41. The lowest BCUT2D eigenvalue weighted by Crippen LogP contribution is -2.07. The molecule has 0 amide bonds. The molecular weight excluding hydrogens is 258 g/mol. The number of nitrogens with zero attached hydrogens (tertiary/aromatic N) is 1. The molecule has 1 heterocycles. The van der Waals surface area contributed by atoms with Gasteiger partial charge in [-0.3, -0.25) is 0 Å². The third-order valence-corrected chi connectivity index (χ3v) is 2.57. The number of halogens is 1. The first kappa shape index (κ1) is 10.7. The summed E-state index contributed by atoms with van der Waals surface area (Å²) in [5, 5.41) is 0. The number of pyridine rings is 1. The molecule has 4 heteroatoms. The van der Waals surface area contributed by atoms with Gasteiger partial charge < -0.3 is 9.47 Å². The van der Waals surface area contributed by atoms with Crippen molar-refractivity contribution >= 4 is 15.9 Å². The van der Waals surface area contributed by atoms with Crippen molar-refractivity contribution < 1.29 is 9.47 Å². The van der Waals surface area contributed by atoms with Crippen LogP contribution in [0.1, 0.15) is 26.7 Å². The normalized spacial score (nSPS) is 15.5. The molecule has 3 nitrogen and oxygen atoms in total. The van der Waals surface area contributed by atoms with Crippen molar-refractivity contribution in [3.8, 4) is 11.6 Å². The number of rotatable bonds is 4. The van der Waals surface area contributed by atoms with Gasteiger partial charge in [0.1, 0.15) is 5.75 Å². The average Bonchev–Trinajstić information content (AvgIpc) is 2.94. The number of hydrogen-bond donors (Lipinski definition) is 0. The molecule has 82 valence electrons. The Hall–Kier alpha value is -0.770. The summed E-state index contributed by atoms with van der Waals surface area (Å²) in [7, 11) is 0. The van der Waals surface area contributed by atoms with Gasteiger partial charge in [0.05, 0.1) is 16.7 Å². The SMILES string of the molecule is CC(C)Oc1cc(OC2CC2)c(Br)cn1. The summed E-state index contributed by atoms with van der Waals surface area (Å²) in [5.74, 6) is 1.44. The van der Waals surface area contributed by atoms with E-state index in [-0.39, 0.29) is 6.10 Å². The van der Waals surface area contributed by atoms with Gasteiger partial charge in [0.2, 0.25) is 5.88 Å². The smallest absolute Gasteiger partial charge is 0.217 e. The number of ether oxygens (including phenoxy) is 2. The van der Waals surface area contributed by atoms with E-state index in [0.29, 0.717) is 12.0 Å². The van der Waals surface area contributed by atoms with Gasteiger partial charge in [0, 0.05) is 12.3 Å². The second-order valence-corrected chi connectivity index (χ2v) is 4.79. The van der Waals surface area contributed by atoms with E-state index in [1.807, 2.05) is 19.9 Å². The summed E-state index contributed by atoms with van der Waals surface area (Å²) in [6, 6.07) is 1.84. The van der Waals surface area contributed by atoms with E-state index in [2.05, 4.69) is 20.9 Å². The molecule has 1 aromatic rings. The maximum absolute atomic E-state index is 5.71. The van der Waals surface area contributed by atoms with E-state index in [1.54, 1.807) is 6.20 Å². The van der Waals surface area contributed by atoms with Crippen molar-refractivity contribution in [2.45, 2.75) is 38.9 Å². The Bertz CT molecular complexity index is 350. The first-order valence-electron chi connectivity index (χ1n) is 5.14. The highest BCUT2D eigenvalue weighted by Gasteiger charge is 2.24. The Labute approximate surface area is 97.9 Å². The highest BCUT2D eigenvalue weighted by molar-refractivity contribution is 9.10. The topological polar surface area (TPSA) is 31.4 Å². The van der Waals surface area contributed by atoms with Crippen LogP contribution in [0.25, 0.3) is 0 Å². The summed E-state index contributed by atoms with van der Waals surface area (Å²) in [4.78, 5) is 4.16. The Morgan fingerprint density at radius 1 is 1.47 bits per heavy atom. The molecule has 1 aliphatic carbocycles. The monoisotopic (exact) mass is 271 g/mol. The molecule has 0 atom stereocenters. The van der Waals surface area contributed by atoms with Gasteiger partial charge in [-0.15, -0.1) is 0 Å². The van der Waals surface area contributed by atoms with Crippen LogP contribution in [0.3, 0.4) is 0 Å². The van der Waals surface area contributed by atoms with Crippen molar-refractivity contribution in [1.82, 2.24) is 4.98 Å². The van der Waals surface area contributed by atoms with Gasteiger partial charge >= 0.3 is 0 Å². The van der Waals surface area contributed by atoms with E-state index >= 15 is 0 Å². The van der Waals surface area contributed by atoms with E-state index in [4.69, 9.17) is 9.47 Å². The van der Waals surface area contributed by atoms with Gasteiger partial charge in [-0.05, 0) is 42.6 Å². The molecule has 0 N–H and O–H groups in total. The summed E-state index contributed by atoms with van der Waals surface area (Å²) < 4.78 is 12.1. The minimum atomic E-state index is 0.132. The second kappa shape index (κ2) is 4.39. The molecule has 0 unspecified atom stereocenters. The maximum Gasteiger partial charge on any atom is 0.217 e. The van der Waals surface area contributed by atoms with Crippen molar-refractivity contribution in [1.29, 1.82) is 0 Å². The third kappa shape index (κ3) is 3.09. The van der Waals surface area contributed by atoms with E-state index in [0.717, 1.165) is 23.1 Å². The maximum atomic E-state index is 5.71. The molecule has 0 aromatic carbocycles. The average molecular weight is 272 g/mol. The van der Waals surface area contributed by atoms with E-state index in [1.165, 1.54) is 0 Å². The Kier molecular flexibility index (Phi) is 3.14. The second-order valence-electron chi connectivity index (χ2n) is 3.94. The van der Waals surface area contributed by atoms with E-state index < -0.39 is 0 Å². The van der Waals surface area contributed by atoms with Crippen LogP contribution in [0.15, 0.2) is 16.7 Å². The molecule has 1 aliphatic rings. The standard InChI is InChI=1S/C11H14BrNO2/c1-7(2)14-11-5-10(9(12)6-13-11)15-8-3-4-8/h5-8H,3-4H2,1-2H3. The molecule has 1 saturated carbocycles. The Morgan fingerprint density at radius 3 is 2.80 bits per heavy atom. The lowest BCUT2D eigenvalue weighted by atomic mass is 10.4. The lowest BCUT2D eigenvalue weighted by molar-refractivity contribution is 0.229. The Balaban J connectivity index is 2.12. The highest BCUT2D eigenvalue weighted by atomic mass is 79.9. The molecule has 2 rings (SSSR count). The van der Waals surface area contributed by atoms with Gasteiger partial charge in [-0.1, -0.05) is 0 Å². The van der Waals surface area contributed by atoms with Crippen LogP contribution in [0.5, 0.6) is 11.6 Å². The van der Waals surface area contributed by atoms with Crippen LogP contribution >= 0.6 is 15.9 Å². The zero-order valence-corrected chi connectivity index (χ0v) is 10.5. The minimum Gasteiger partial charge on any atom is -0.489 e. The van der Waals surface area contributed by atoms with Crippen LogP contribution in [0, 0.1) is 0 Å². The minimum absolute atomic E-state index is 0.132. The molecule has 0 saturated heterocycles. The lowest BCUT2D eigenvalue weighted by Gasteiger charge is -2.11. The Morgan fingerprint density at radius 2 is 2.20 bits per heavy atom. The number of hydrogen-bond acceptors (Lipinski definition) is 3. The first-order chi connectivity index (χ1) is 7.15. The van der Waals surface area contributed by atoms with Gasteiger partial charge in [0.15, 0.2) is 0 Å². The van der Waals surface area contributed by atoms with Gasteiger partial charge in [-0.25, -0.2) is 4.98 Å². The molecule has 1 aromatic heterocycles. The van der Waals surface area contributed by atoms with Crippen LogP contribution in [-0.2, 0) is 0 Å². The van der Waals surface area contributed by atoms with Crippen molar-refractivity contribution in [3.05, 3.63) is 16.7 Å². The highest BCUT2D eigenvalue weighted by Crippen LogP contribution is 2.33. The quantitative estimate of drug-likeness (QED) is 0.843. The largest absolute Gasteiger partial charge is 0.489 e. The fraction of sp³-hybridized carbons (Fsp3) is 0.545. The predicted octanol–water partition coefficient (Wildman–Crippen LogP) is 3.17. The van der Waals surface area contributed by atoms with Gasteiger partial charge in [-0.2, -0.15) is 0 Å². The molecule has 1 fully saturated rings. The van der Waals surface area contributed by atoms with Crippen LogP contribution in [-0.4, -0.2) is 17.2 Å².